The Morgan fingerprint density at radius 2 is 1.38 bits per heavy atom. The molecular formula is C34H40O5. The molecule has 206 valence electrons. The van der Waals surface area contributed by atoms with Gasteiger partial charge in [-0.05, 0) is 54.5 Å². The molecule has 0 aliphatic carbocycles. The number of benzene rings is 3. The van der Waals surface area contributed by atoms with Gasteiger partial charge in [-0.1, -0.05) is 111 Å². The number of allylic oxidation sites excluding steroid dienone is 1. The van der Waals surface area contributed by atoms with Gasteiger partial charge in [-0.2, -0.15) is 0 Å². The van der Waals surface area contributed by atoms with Gasteiger partial charge in [0, 0.05) is 0 Å². The summed E-state index contributed by atoms with van der Waals surface area (Å²) in [6.45, 7) is 0.143. The number of aliphatic carboxylic acids is 1. The van der Waals surface area contributed by atoms with Gasteiger partial charge in [0.25, 0.3) is 0 Å². The largest absolute Gasteiger partial charge is 0.497 e. The van der Waals surface area contributed by atoms with Gasteiger partial charge in [0.05, 0.1) is 18.9 Å². The minimum absolute atomic E-state index is 0.143. The maximum absolute atomic E-state index is 13.2. The number of carboxylic acids is 1. The van der Waals surface area contributed by atoms with E-state index in [1.807, 2.05) is 72.8 Å². The molecule has 0 amide bonds. The number of hydrogen-bond acceptors (Lipinski definition) is 4. The number of carboxylic acid groups (broad SMARTS) is 1. The van der Waals surface area contributed by atoms with Gasteiger partial charge < -0.3 is 14.6 Å². The lowest BCUT2D eigenvalue weighted by Gasteiger charge is -2.22. The molecule has 39 heavy (non-hydrogen) atoms. The van der Waals surface area contributed by atoms with E-state index in [2.05, 4.69) is 24.3 Å². The first-order valence-electron chi connectivity index (χ1n) is 13.8. The monoisotopic (exact) mass is 528 g/mol. The summed E-state index contributed by atoms with van der Waals surface area (Å²) in [6.07, 6.45) is 10.6. The van der Waals surface area contributed by atoms with Gasteiger partial charge in [0.15, 0.2) is 0 Å². The topological polar surface area (TPSA) is 72.8 Å². The van der Waals surface area contributed by atoms with Gasteiger partial charge in [-0.15, -0.1) is 0 Å². The maximum atomic E-state index is 13.2. The lowest BCUT2D eigenvalue weighted by atomic mass is 9.85. The number of carbonyl (C=O) groups excluding carboxylic acids is 1. The number of unbranched alkanes of at least 4 members (excludes halogenated alkanes) is 4. The van der Waals surface area contributed by atoms with Crippen LogP contribution in [-0.2, 0) is 27.4 Å². The van der Waals surface area contributed by atoms with Crippen LogP contribution in [0.1, 0.15) is 61.6 Å². The second kappa shape index (κ2) is 16.9. The molecule has 0 spiro atoms. The Morgan fingerprint density at radius 1 is 0.769 bits per heavy atom. The van der Waals surface area contributed by atoms with Gasteiger partial charge in [0.2, 0.25) is 0 Å². The zero-order chi connectivity index (χ0) is 27.7. The van der Waals surface area contributed by atoms with E-state index < -0.39 is 23.8 Å². The van der Waals surface area contributed by atoms with Crippen molar-refractivity contribution < 1.29 is 24.2 Å². The zero-order valence-corrected chi connectivity index (χ0v) is 22.8. The highest BCUT2D eigenvalue weighted by molar-refractivity contribution is 5.81. The fourth-order valence-corrected chi connectivity index (χ4v) is 4.69. The summed E-state index contributed by atoms with van der Waals surface area (Å²) in [4.78, 5) is 25.5. The molecule has 1 N–H and O–H groups in total. The molecule has 0 aromatic heterocycles. The highest BCUT2D eigenvalue weighted by Crippen LogP contribution is 2.26. The first-order valence-corrected chi connectivity index (χ1v) is 13.8. The van der Waals surface area contributed by atoms with Crippen molar-refractivity contribution in [3.05, 3.63) is 108 Å². The van der Waals surface area contributed by atoms with Crippen molar-refractivity contribution in [3.63, 3.8) is 0 Å². The van der Waals surface area contributed by atoms with Gasteiger partial charge >= 0.3 is 11.9 Å². The first-order chi connectivity index (χ1) is 19.1. The van der Waals surface area contributed by atoms with E-state index in [0.29, 0.717) is 6.42 Å². The second-order valence-electron chi connectivity index (χ2n) is 9.85. The quantitative estimate of drug-likeness (QED) is 0.143. The molecule has 0 saturated carbocycles. The summed E-state index contributed by atoms with van der Waals surface area (Å²) >= 11 is 0. The van der Waals surface area contributed by atoms with Crippen LogP contribution >= 0.6 is 0 Å². The first kappa shape index (κ1) is 29.7. The van der Waals surface area contributed by atoms with Crippen LogP contribution in [0.5, 0.6) is 5.75 Å². The Bertz CT molecular complexity index is 1140. The van der Waals surface area contributed by atoms with Crippen LogP contribution in [0.3, 0.4) is 0 Å². The molecule has 0 radical (unpaired) electrons. The van der Waals surface area contributed by atoms with Crippen LogP contribution in [0.15, 0.2) is 91.0 Å². The Kier molecular flexibility index (Phi) is 12.8. The van der Waals surface area contributed by atoms with Crippen molar-refractivity contribution in [3.8, 4) is 5.75 Å². The van der Waals surface area contributed by atoms with Crippen molar-refractivity contribution in [1.29, 1.82) is 0 Å². The molecule has 0 aliphatic rings. The van der Waals surface area contributed by atoms with Crippen molar-refractivity contribution >= 4 is 18.0 Å². The Hall–Kier alpha value is -3.86. The third-order valence-electron chi connectivity index (χ3n) is 6.97. The fourth-order valence-electron chi connectivity index (χ4n) is 4.69. The van der Waals surface area contributed by atoms with Crippen molar-refractivity contribution in [2.75, 3.05) is 7.11 Å². The normalized spacial score (nSPS) is 12.6. The number of rotatable bonds is 17. The molecular weight excluding hydrogens is 488 g/mol. The van der Waals surface area contributed by atoms with E-state index in [4.69, 9.17) is 9.47 Å². The summed E-state index contributed by atoms with van der Waals surface area (Å²) in [5.74, 6) is -2.19. The predicted molar refractivity (Wildman–Crippen MR) is 155 cm³/mol. The number of ether oxygens (including phenoxy) is 2. The van der Waals surface area contributed by atoms with Crippen LogP contribution < -0.4 is 4.74 Å². The molecule has 3 aromatic carbocycles. The number of hydrogen-bond donors (Lipinski definition) is 1. The van der Waals surface area contributed by atoms with E-state index in [9.17, 15) is 14.7 Å². The van der Waals surface area contributed by atoms with Crippen LogP contribution in [0.25, 0.3) is 6.08 Å². The van der Waals surface area contributed by atoms with Crippen molar-refractivity contribution in [1.82, 2.24) is 0 Å². The van der Waals surface area contributed by atoms with Gasteiger partial charge in [0.1, 0.15) is 12.4 Å². The summed E-state index contributed by atoms with van der Waals surface area (Å²) in [5, 5.41) is 10.1. The van der Waals surface area contributed by atoms with Crippen molar-refractivity contribution in [2.45, 2.75) is 58.0 Å². The average molecular weight is 529 g/mol. The third-order valence-corrected chi connectivity index (χ3v) is 6.97. The van der Waals surface area contributed by atoms with E-state index in [-0.39, 0.29) is 13.0 Å². The second-order valence-corrected chi connectivity index (χ2v) is 9.85. The molecule has 3 aromatic rings. The predicted octanol–water partition coefficient (Wildman–Crippen LogP) is 7.74. The highest BCUT2D eigenvalue weighted by atomic mass is 16.5. The van der Waals surface area contributed by atoms with Gasteiger partial charge in [-0.25, -0.2) is 0 Å². The molecule has 2 atom stereocenters. The minimum Gasteiger partial charge on any atom is -0.497 e. The minimum atomic E-state index is -0.973. The summed E-state index contributed by atoms with van der Waals surface area (Å²) in [6, 6.07) is 27.5. The molecule has 0 bridgehead atoms. The number of carbonyl (C=O) groups is 2. The molecule has 0 fully saturated rings. The maximum Gasteiger partial charge on any atom is 0.310 e. The smallest absolute Gasteiger partial charge is 0.310 e. The SMILES string of the molecule is COc1ccc(/C=C/C[C@H](C(=O)O)[C@@H](CCCCCCCc2ccccc2)C(=O)OCc2ccccc2)cc1. The Labute approximate surface area is 232 Å². The number of esters is 1. The van der Waals surface area contributed by atoms with E-state index in [1.165, 1.54) is 5.56 Å². The molecule has 0 heterocycles. The molecule has 0 unspecified atom stereocenters. The van der Waals surface area contributed by atoms with E-state index >= 15 is 0 Å². The summed E-state index contributed by atoms with van der Waals surface area (Å²) < 4.78 is 10.8. The molecule has 0 saturated heterocycles. The average Bonchev–Trinajstić information content (AvgIpc) is 2.97. The van der Waals surface area contributed by atoms with Gasteiger partial charge in [-0.3, -0.25) is 9.59 Å². The van der Waals surface area contributed by atoms with Crippen LogP contribution in [0, 0.1) is 11.8 Å². The Morgan fingerprint density at radius 3 is 2.03 bits per heavy atom. The van der Waals surface area contributed by atoms with E-state index in [1.54, 1.807) is 7.11 Å². The lowest BCUT2D eigenvalue weighted by molar-refractivity contribution is -0.159. The molecule has 5 heteroatoms. The number of methoxy groups -OCH3 is 1. The van der Waals surface area contributed by atoms with Crippen LogP contribution in [0.2, 0.25) is 0 Å². The highest BCUT2D eigenvalue weighted by Gasteiger charge is 2.33. The fraction of sp³-hybridized carbons (Fsp3) is 0.353. The lowest BCUT2D eigenvalue weighted by Crippen LogP contribution is -2.31. The third kappa shape index (κ3) is 10.8. The van der Waals surface area contributed by atoms with Crippen LogP contribution in [-0.4, -0.2) is 24.2 Å². The summed E-state index contributed by atoms with van der Waals surface area (Å²) in [7, 11) is 1.62. The standard InChI is InChI=1S/C34H40O5/c1-38-30-24-22-28(23-25-30)19-13-21-31(33(35)36)32(34(37)39-26-29-17-10-6-11-18-29)20-12-4-2-3-7-14-27-15-8-5-9-16-27/h5-6,8-11,13,15-19,22-25,31-32H,2-4,7,12,14,20-21,26H2,1H3,(H,35,36)/b19-13+/t31-,32+/m0/s1. The zero-order valence-electron chi connectivity index (χ0n) is 22.8. The van der Waals surface area contributed by atoms with Crippen LogP contribution in [0.4, 0.5) is 0 Å². The summed E-state index contributed by atoms with van der Waals surface area (Å²) in [5.41, 5.74) is 3.18. The molecule has 0 aliphatic heterocycles. The number of aryl methyl sites for hydroxylation is 1. The molecule has 5 nitrogen and oxygen atoms in total. The molecule has 3 rings (SSSR count). The Balaban J connectivity index is 1.56. The van der Waals surface area contributed by atoms with E-state index in [0.717, 1.165) is 55.4 Å². The van der Waals surface area contributed by atoms with Crippen molar-refractivity contribution in [2.24, 2.45) is 11.8 Å².